The molecule has 0 heterocycles. The van der Waals surface area contributed by atoms with Gasteiger partial charge in [0.05, 0.1) is 0 Å². The monoisotopic (exact) mass is 255 g/mol. The van der Waals surface area contributed by atoms with E-state index in [-0.39, 0.29) is 0 Å². The van der Waals surface area contributed by atoms with Crippen LogP contribution in [-0.4, -0.2) is 5.11 Å². The second-order valence-corrected chi connectivity index (χ2v) is 4.86. The van der Waals surface area contributed by atoms with E-state index in [2.05, 4.69) is 43.4 Å². The van der Waals surface area contributed by atoms with E-state index in [1.165, 1.54) is 16.7 Å². The molecule has 2 N–H and O–H groups in total. The van der Waals surface area contributed by atoms with Crippen molar-refractivity contribution in [2.24, 2.45) is 0 Å². The second kappa shape index (κ2) is 6.39. The molecule has 0 aliphatic carbocycles. The third kappa shape index (κ3) is 3.58. The Hall–Kier alpha value is -1.80. The zero-order valence-electron chi connectivity index (χ0n) is 11.6. The summed E-state index contributed by atoms with van der Waals surface area (Å²) in [6.45, 7) is 5.17. The van der Waals surface area contributed by atoms with Gasteiger partial charge in [-0.25, -0.2) is 0 Å². The molecular weight excluding hydrogens is 234 g/mol. The summed E-state index contributed by atoms with van der Waals surface area (Å²) < 4.78 is 0. The first-order valence-electron chi connectivity index (χ1n) is 6.77. The Morgan fingerprint density at radius 2 is 1.74 bits per heavy atom. The first-order chi connectivity index (χ1) is 9.20. The molecule has 0 aromatic heterocycles. The Morgan fingerprint density at radius 3 is 2.37 bits per heavy atom. The standard InChI is InChI=1S/C17H21NO/c1-3-17(14-8-10-16(19)11-9-14)18-12-15-7-5-4-6-13(15)2/h4-11,17-19H,3,12H2,1-2H3. The van der Waals surface area contributed by atoms with Gasteiger partial charge in [-0.15, -0.1) is 0 Å². The number of hydrogen-bond acceptors (Lipinski definition) is 2. The molecule has 0 aliphatic heterocycles. The fraction of sp³-hybridized carbons (Fsp3) is 0.294. The summed E-state index contributed by atoms with van der Waals surface area (Å²) in [5.41, 5.74) is 3.86. The maximum absolute atomic E-state index is 9.34. The Labute approximate surface area is 115 Å². The average Bonchev–Trinajstić information content (AvgIpc) is 2.43. The molecule has 1 atom stereocenters. The van der Waals surface area contributed by atoms with Crippen molar-refractivity contribution in [1.82, 2.24) is 5.32 Å². The SMILES string of the molecule is CCC(NCc1ccccc1C)c1ccc(O)cc1. The van der Waals surface area contributed by atoms with Crippen molar-refractivity contribution in [2.45, 2.75) is 32.9 Å². The molecule has 0 saturated heterocycles. The van der Waals surface area contributed by atoms with Crippen LogP contribution in [0.5, 0.6) is 5.75 Å². The van der Waals surface area contributed by atoms with E-state index >= 15 is 0 Å². The molecule has 100 valence electrons. The summed E-state index contributed by atoms with van der Waals surface area (Å²) in [6, 6.07) is 16.2. The van der Waals surface area contributed by atoms with Crippen molar-refractivity contribution in [1.29, 1.82) is 0 Å². The summed E-state index contributed by atoms with van der Waals surface area (Å²) in [5, 5.41) is 12.9. The molecule has 2 rings (SSSR count). The molecule has 0 radical (unpaired) electrons. The highest BCUT2D eigenvalue weighted by Crippen LogP contribution is 2.20. The minimum Gasteiger partial charge on any atom is -0.508 e. The lowest BCUT2D eigenvalue weighted by atomic mass is 10.0. The fourth-order valence-corrected chi connectivity index (χ4v) is 2.25. The Balaban J connectivity index is 2.04. The predicted octanol–water partition coefficient (Wildman–Crippen LogP) is 3.94. The third-order valence-corrected chi connectivity index (χ3v) is 3.50. The van der Waals surface area contributed by atoms with Gasteiger partial charge in [0.2, 0.25) is 0 Å². The molecular formula is C17H21NO. The average molecular weight is 255 g/mol. The van der Waals surface area contributed by atoms with Crippen LogP contribution >= 0.6 is 0 Å². The highest BCUT2D eigenvalue weighted by atomic mass is 16.3. The van der Waals surface area contributed by atoms with Gasteiger partial charge in [-0.3, -0.25) is 0 Å². The van der Waals surface area contributed by atoms with Crippen LogP contribution in [0.25, 0.3) is 0 Å². The van der Waals surface area contributed by atoms with Crippen molar-refractivity contribution in [3.63, 3.8) is 0 Å². The van der Waals surface area contributed by atoms with Crippen LogP contribution < -0.4 is 5.32 Å². The van der Waals surface area contributed by atoms with Gasteiger partial charge in [0.15, 0.2) is 0 Å². The Bertz CT molecular complexity index is 519. The Kier molecular flexibility index (Phi) is 4.58. The summed E-state index contributed by atoms with van der Waals surface area (Å²) in [6.07, 6.45) is 1.02. The number of aromatic hydroxyl groups is 1. The molecule has 2 nitrogen and oxygen atoms in total. The Morgan fingerprint density at radius 1 is 1.05 bits per heavy atom. The number of aryl methyl sites for hydroxylation is 1. The first-order valence-corrected chi connectivity index (χ1v) is 6.77. The lowest BCUT2D eigenvalue weighted by Crippen LogP contribution is -2.20. The zero-order valence-corrected chi connectivity index (χ0v) is 11.6. The number of phenols is 1. The van der Waals surface area contributed by atoms with E-state index in [0.29, 0.717) is 11.8 Å². The lowest BCUT2D eigenvalue weighted by molar-refractivity contribution is 0.473. The number of benzene rings is 2. The topological polar surface area (TPSA) is 32.3 Å². The minimum atomic E-state index is 0.317. The van der Waals surface area contributed by atoms with Crippen molar-refractivity contribution < 1.29 is 5.11 Å². The van der Waals surface area contributed by atoms with E-state index in [1.807, 2.05) is 12.1 Å². The van der Waals surface area contributed by atoms with Crippen LogP contribution in [-0.2, 0) is 6.54 Å². The van der Waals surface area contributed by atoms with Gasteiger partial charge in [-0.1, -0.05) is 43.3 Å². The smallest absolute Gasteiger partial charge is 0.115 e. The molecule has 19 heavy (non-hydrogen) atoms. The van der Waals surface area contributed by atoms with Crippen molar-refractivity contribution in [2.75, 3.05) is 0 Å². The van der Waals surface area contributed by atoms with Crippen LogP contribution in [0.15, 0.2) is 48.5 Å². The number of phenolic OH excluding ortho intramolecular Hbond substituents is 1. The molecule has 1 unspecified atom stereocenters. The number of hydrogen-bond donors (Lipinski definition) is 2. The maximum Gasteiger partial charge on any atom is 0.115 e. The minimum absolute atomic E-state index is 0.317. The molecule has 2 aromatic carbocycles. The summed E-state index contributed by atoms with van der Waals surface area (Å²) in [4.78, 5) is 0. The van der Waals surface area contributed by atoms with Gasteiger partial charge in [0.25, 0.3) is 0 Å². The number of rotatable bonds is 5. The fourth-order valence-electron chi connectivity index (χ4n) is 2.25. The summed E-state index contributed by atoms with van der Waals surface area (Å²) in [7, 11) is 0. The molecule has 0 saturated carbocycles. The zero-order chi connectivity index (χ0) is 13.7. The molecule has 0 bridgehead atoms. The van der Waals surface area contributed by atoms with Crippen LogP contribution in [0.4, 0.5) is 0 Å². The van der Waals surface area contributed by atoms with Gasteiger partial charge >= 0.3 is 0 Å². The van der Waals surface area contributed by atoms with Gasteiger partial charge in [0, 0.05) is 12.6 Å². The van der Waals surface area contributed by atoms with E-state index in [4.69, 9.17) is 0 Å². The van der Waals surface area contributed by atoms with Crippen molar-refractivity contribution in [3.05, 3.63) is 65.2 Å². The highest BCUT2D eigenvalue weighted by molar-refractivity contribution is 5.29. The maximum atomic E-state index is 9.34. The van der Waals surface area contributed by atoms with Gasteiger partial charge in [-0.05, 0) is 42.2 Å². The summed E-state index contributed by atoms with van der Waals surface area (Å²) in [5.74, 6) is 0.317. The highest BCUT2D eigenvalue weighted by Gasteiger charge is 2.09. The van der Waals surface area contributed by atoms with Gasteiger partial charge in [-0.2, -0.15) is 0 Å². The third-order valence-electron chi connectivity index (χ3n) is 3.50. The molecule has 0 amide bonds. The van der Waals surface area contributed by atoms with Crippen molar-refractivity contribution in [3.8, 4) is 5.75 Å². The van der Waals surface area contributed by atoms with Crippen molar-refractivity contribution >= 4 is 0 Å². The second-order valence-electron chi connectivity index (χ2n) is 4.86. The van der Waals surface area contributed by atoms with Crippen LogP contribution in [0.3, 0.4) is 0 Å². The first kappa shape index (κ1) is 13.6. The summed E-state index contributed by atoms with van der Waals surface area (Å²) >= 11 is 0. The normalized spacial score (nSPS) is 12.3. The van der Waals surface area contributed by atoms with Gasteiger partial charge < -0.3 is 10.4 Å². The van der Waals surface area contributed by atoms with Crippen LogP contribution in [0.1, 0.15) is 36.1 Å². The predicted molar refractivity (Wildman–Crippen MR) is 79.2 cm³/mol. The van der Waals surface area contributed by atoms with Crippen LogP contribution in [0, 0.1) is 6.92 Å². The molecule has 0 fully saturated rings. The lowest BCUT2D eigenvalue weighted by Gasteiger charge is -2.18. The van der Waals surface area contributed by atoms with Crippen LogP contribution in [0.2, 0.25) is 0 Å². The van der Waals surface area contributed by atoms with E-state index in [1.54, 1.807) is 12.1 Å². The molecule has 0 aliphatic rings. The largest absolute Gasteiger partial charge is 0.508 e. The van der Waals surface area contributed by atoms with E-state index < -0.39 is 0 Å². The number of nitrogens with one attached hydrogen (secondary N) is 1. The van der Waals surface area contributed by atoms with E-state index in [0.717, 1.165) is 13.0 Å². The van der Waals surface area contributed by atoms with Gasteiger partial charge in [0.1, 0.15) is 5.75 Å². The molecule has 2 heteroatoms. The van der Waals surface area contributed by atoms with E-state index in [9.17, 15) is 5.11 Å². The molecule has 0 spiro atoms. The quantitative estimate of drug-likeness (QED) is 0.848. The molecule has 2 aromatic rings.